The van der Waals surface area contributed by atoms with E-state index in [0.29, 0.717) is 10.1 Å². The van der Waals surface area contributed by atoms with Crippen molar-refractivity contribution in [3.05, 3.63) is 45.7 Å². The molecule has 0 aliphatic rings. The second kappa shape index (κ2) is 5.16. The van der Waals surface area contributed by atoms with Crippen molar-refractivity contribution in [1.82, 2.24) is 9.78 Å². The van der Waals surface area contributed by atoms with Crippen LogP contribution in [0.5, 0.6) is 0 Å². The zero-order valence-electron chi connectivity index (χ0n) is 8.95. The zero-order valence-corrected chi connectivity index (χ0v) is 12.1. The van der Waals surface area contributed by atoms with Crippen LogP contribution in [0.25, 0.3) is 0 Å². The van der Waals surface area contributed by atoms with Crippen molar-refractivity contribution >= 4 is 50.5 Å². The number of aryl methyl sites for hydroxylation is 1. The summed E-state index contributed by atoms with van der Waals surface area (Å²) in [6, 6.07) is 5.56. The summed E-state index contributed by atoms with van der Waals surface area (Å²) in [4.78, 5) is 0. The van der Waals surface area contributed by atoms with Gasteiger partial charge in [0.1, 0.15) is 0 Å². The molecule has 6 heteroatoms. The first-order valence-electron chi connectivity index (χ1n) is 4.84. The maximum atomic E-state index is 6.08. The van der Waals surface area contributed by atoms with Crippen LogP contribution in [0, 0.1) is 6.92 Å². The fourth-order valence-electron chi connectivity index (χ4n) is 1.29. The van der Waals surface area contributed by atoms with Gasteiger partial charge in [0.15, 0.2) is 5.11 Å². The molecule has 88 valence electrons. The molecule has 0 radical (unpaired) electrons. The molecule has 0 aliphatic carbocycles. The standard InChI is InChI=1S/C11H9BrClN3S/c1-7-5-14-16(6-7)11(17)15-10-3-2-8(12)4-9(10)13/h2-6H,1H3,(H,15,17). The number of thiocarbonyl (C=S) groups is 1. The molecule has 2 aromatic rings. The number of hydrogen-bond donors (Lipinski definition) is 1. The Morgan fingerprint density at radius 3 is 2.88 bits per heavy atom. The van der Waals surface area contributed by atoms with Crippen LogP contribution < -0.4 is 5.32 Å². The Kier molecular flexibility index (Phi) is 3.81. The first kappa shape index (κ1) is 12.5. The highest BCUT2D eigenvalue weighted by Gasteiger charge is 2.05. The first-order chi connectivity index (χ1) is 8.06. The number of aromatic nitrogens is 2. The van der Waals surface area contributed by atoms with Crippen molar-refractivity contribution in [3.8, 4) is 0 Å². The van der Waals surface area contributed by atoms with E-state index >= 15 is 0 Å². The van der Waals surface area contributed by atoms with Gasteiger partial charge in [-0.25, -0.2) is 4.68 Å². The average Bonchev–Trinajstić information content (AvgIpc) is 2.69. The molecule has 0 unspecified atom stereocenters. The fraction of sp³-hybridized carbons (Fsp3) is 0.0909. The normalized spacial score (nSPS) is 10.3. The maximum absolute atomic E-state index is 6.08. The molecular weight excluding hydrogens is 322 g/mol. The Balaban J connectivity index is 2.18. The summed E-state index contributed by atoms with van der Waals surface area (Å²) in [5, 5.41) is 8.26. The second-order valence-corrected chi connectivity index (χ2v) is 5.23. The highest BCUT2D eigenvalue weighted by molar-refractivity contribution is 9.10. The third-order valence-electron chi connectivity index (χ3n) is 2.09. The van der Waals surface area contributed by atoms with Crippen molar-refractivity contribution in [2.75, 3.05) is 5.32 Å². The van der Waals surface area contributed by atoms with E-state index in [1.54, 1.807) is 16.9 Å². The molecule has 1 aromatic carbocycles. The third kappa shape index (κ3) is 3.06. The van der Waals surface area contributed by atoms with E-state index in [1.165, 1.54) is 0 Å². The molecule has 0 fully saturated rings. The smallest absolute Gasteiger partial charge is 0.198 e. The lowest BCUT2D eigenvalue weighted by molar-refractivity contribution is 0.947. The predicted octanol–water partition coefficient (Wildman–Crippen LogP) is 3.85. The number of anilines is 1. The molecule has 3 nitrogen and oxygen atoms in total. The Bertz CT molecular complexity index is 568. The third-order valence-corrected chi connectivity index (χ3v) is 3.19. The first-order valence-corrected chi connectivity index (χ1v) is 6.42. The van der Waals surface area contributed by atoms with Crippen molar-refractivity contribution < 1.29 is 0 Å². The van der Waals surface area contributed by atoms with Crippen molar-refractivity contribution in [1.29, 1.82) is 0 Å². The number of nitrogens with zero attached hydrogens (tertiary/aromatic N) is 2. The largest absolute Gasteiger partial charge is 0.330 e. The van der Waals surface area contributed by atoms with Crippen molar-refractivity contribution in [2.45, 2.75) is 6.92 Å². The summed E-state index contributed by atoms with van der Waals surface area (Å²) >= 11 is 14.7. The van der Waals surface area contributed by atoms with Crippen LogP contribution in [0.3, 0.4) is 0 Å². The Hall–Kier alpha value is -0.910. The SMILES string of the molecule is Cc1cnn(C(=S)Nc2ccc(Br)cc2Cl)c1. The van der Waals surface area contributed by atoms with Crippen LogP contribution in [-0.4, -0.2) is 14.9 Å². The lowest BCUT2D eigenvalue weighted by Crippen LogP contribution is -2.19. The van der Waals surface area contributed by atoms with Gasteiger partial charge in [0, 0.05) is 10.7 Å². The molecule has 0 aliphatic heterocycles. The Morgan fingerprint density at radius 2 is 2.29 bits per heavy atom. The molecule has 0 spiro atoms. The molecule has 17 heavy (non-hydrogen) atoms. The van der Waals surface area contributed by atoms with Crippen LogP contribution in [0.2, 0.25) is 5.02 Å². The lowest BCUT2D eigenvalue weighted by atomic mass is 10.3. The van der Waals surface area contributed by atoms with Gasteiger partial charge < -0.3 is 5.32 Å². The molecule has 1 heterocycles. The van der Waals surface area contributed by atoms with Gasteiger partial charge in [-0.3, -0.25) is 0 Å². The van der Waals surface area contributed by atoms with Gasteiger partial charge in [-0.1, -0.05) is 27.5 Å². The minimum Gasteiger partial charge on any atom is -0.330 e. The summed E-state index contributed by atoms with van der Waals surface area (Å²) in [6.07, 6.45) is 3.60. The van der Waals surface area contributed by atoms with E-state index in [4.69, 9.17) is 23.8 Å². The topological polar surface area (TPSA) is 29.9 Å². The van der Waals surface area contributed by atoms with Crippen LogP contribution in [0.1, 0.15) is 5.56 Å². The van der Waals surface area contributed by atoms with Gasteiger partial charge in [-0.15, -0.1) is 0 Å². The van der Waals surface area contributed by atoms with Gasteiger partial charge in [-0.2, -0.15) is 5.10 Å². The van der Waals surface area contributed by atoms with Gasteiger partial charge in [0.25, 0.3) is 0 Å². The Morgan fingerprint density at radius 1 is 1.53 bits per heavy atom. The molecule has 0 bridgehead atoms. The van der Waals surface area contributed by atoms with E-state index in [0.717, 1.165) is 15.7 Å². The predicted molar refractivity (Wildman–Crippen MR) is 77.7 cm³/mol. The molecule has 1 aromatic heterocycles. The van der Waals surface area contributed by atoms with E-state index in [1.807, 2.05) is 25.3 Å². The van der Waals surface area contributed by atoms with Gasteiger partial charge >= 0.3 is 0 Å². The highest BCUT2D eigenvalue weighted by atomic mass is 79.9. The fourth-order valence-corrected chi connectivity index (χ4v) is 2.22. The summed E-state index contributed by atoms with van der Waals surface area (Å²) in [6.45, 7) is 1.96. The van der Waals surface area contributed by atoms with Crippen LogP contribution in [0.4, 0.5) is 5.69 Å². The number of nitrogens with one attached hydrogen (secondary N) is 1. The van der Waals surface area contributed by atoms with Crippen molar-refractivity contribution in [3.63, 3.8) is 0 Å². The quantitative estimate of drug-likeness (QED) is 0.805. The number of rotatable bonds is 1. The molecule has 0 saturated carbocycles. The van der Waals surface area contributed by atoms with E-state index in [-0.39, 0.29) is 0 Å². The van der Waals surface area contributed by atoms with Gasteiger partial charge in [-0.05, 0) is 42.9 Å². The van der Waals surface area contributed by atoms with Crippen LogP contribution in [0.15, 0.2) is 35.1 Å². The van der Waals surface area contributed by atoms with E-state index in [9.17, 15) is 0 Å². The summed E-state index contributed by atoms with van der Waals surface area (Å²) in [5.74, 6) is 0. The average molecular weight is 331 g/mol. The van der Waals surface area contributed by atoms with E-state index in [2.05, 4.69) is 26.3 Å². The van der Waals surface area contributed by atoms with Gasteiger partial charge in [0.2, 0.25) is 0 Å². The molecule has 0 atom stereocenters. The number of hydrogen-bond acceptors (Lipinski definition) is 2. The van der Waals surface area contributed by atoms with E-state index < -0.39 is 0 Å². The minimum atomic E-state index is 0.488. The van der Waals surface area contributed by atoms with Crippen LogP contribution in [-0.2, 0) is 0 Å². The van der Waals surface area contributed by atoms with Gasteiger partial charge in [0.05, 0.1) is 16.9 Å². The number of benzene rings is 1. The zero-order chi connectivity index (χ0) is 12.4. The molecule has 0 saturated heterocycles. The Labute approximate surface area is 118 Å². The summed E-state index contributed by atoms with van der Waals surface area (Å²) in [7, 11) is 0. The van der Waals surface area contributed by atoms with Crippen LogP contribution >= 0.6 is 39.7 Å². The van der Waals surface area contributed by atoms with Crippen molar-refractivity contribution in [2.24, 2.45) is 0 Å². The summed E-state index contributed by atoms with van der Waals surface area (Å²) < 4.78 is 2.53. The molecular formula is C11H9BrClN3S. The minimum absolute atomic E-state index is 0.488. The molecule has 0 amide bonds. The molecule has 1 N–H and O–H groups in total. The lowest BCUT2D eigenvalue weighted by Gasteiger charge is -2.09. The monoisotopic (exact) mass is 329 g/mol. The molecule has 2 rings (SSSR count). The highest BCUT2D eigenvalue weighted by Crippen LogP contribution is 2.25. The second-order valence-electron chi connectivity index (χ2n) is 3.52. The summed E-state index contributed by atoms with van der Waals surface area (Å²) in [5.41, 5.74) is 1.81. The number of halogens is 2. The maximum Gasteiger partial charge on any atom is 0.198 e.